The van der Waals surface area contributed by atoms with Crippen LogP contribution in [0.3, 0.4) is 0 Å². The highest BCUT2D eigenvalue weighted by Gasteiger charge is 2.32. The van der Waals surface area contributed by atoms with Gasteiger partial charge < -0.3 is 35.4 Å². The van der Waals surface area contributed by atoms with Crippen LogP contribution in [-0.2, 0) is 20.9 Å². The molecule has 15 nitrogen and oxygen atoms in total. The number of aromatic nitrogens is 2. The van der Waals surface area contributed by atoms with Crippen molar-refractivity contribution in [2.24, 2.45) is 5.92 Å². The molecule has 4 fully saturated rings. The third kappa shape index (κ3) is 10.7. The highest BCUT2D eigenvalue weighted by molar-refractivity contribution is 6.01. The number of amides is 5. The molecule has 326 valence electrons. The Morgan fingerprint density at radius 2 is 1.65 bits per heavy atom. The van der Waals surface area contributed by atoms with Gasteiger partial charge in [0, 0.05) is 93.2 Å². The first-order valence-corrected chi connectivity index (χ1v) is 22.0. The third-order valence-electron chi connectivity index (χ3n) is 12.3. The second kappa shape index (κ2) is 19.3. The lowest BCUT2D eigenvalue weighted by Gasteiger charge is -2.39. The molecule has 4 aliphatic rings. The Morgan fingerprint density at radius 3 is 2.37 bits per heavy atom. The van der Waals surface area contributed by atoms with Gasteiger partial charge in [-0.2, -0.15) is 0 Å². The van der Waals surface area contributed by atoms with E-state index in [0.29, 0.717) is 55.6 Å². The third-order valence-corrected chi connectivity index (χ3v) is 12.3. The van der Waals surface area contributed by atoms with E-state index in [2.05, 4.69) is 73.3 Å². The van der Waals surface area contributed by atoms with E-state index in [1.807, 2.05) is 55.1 Å². The predicted octanol–water partition coefficient (Wildman–Crippen LogP) is 5.41. The summed E-state index contributed by atoms with van der Waals surface area (Å²) >= 11 is 0. The quantitative estimate of drug-likeness (QED) is 0.127. The molecule has 4 saturated heterocycles. The molecular formula is C47H58N10O5. The summed E-state index contributed by atoms with van der Waals surface area (Å²) in [4.78, 5) is 67.7. The summed E-state index contributed by atoms with van der Waals surface area (Å²) < 4.78 is 5.77. The maximum atomic E-state index is 13.4. The number of urea groups is 1. The average molecular weight is 843 g/mol. The largest absolute Gasteiger partial charge is 0.374 e. The van der Waals surface area contributed by atoms with E-state index in [9.17, 15) is 19.2 Å². The fraction of sp³-hybridized carbons (Fsp3) is 0.447. The van der Waals surface area contributed by atoms with Crippen LogP contribution in [0, 0.1) is 12.8 Å². The van der Waals surface area contributed by atoms with Crippen LogP contribution in [0.5, 0.6) is 0 Å². The number of carbonyl (C=O) groups is 4. The van der Waals surface area contributed by atoms with Gasteiger partial charge in [0.1, 0.15) is 6.04 Å². The lowest BCUT2D eigenvalue weighted by Crippen LogP contribution is -2.58. The molecule has 0 aliphatic carbocycles. The van der Waals surface area contributed by atoms with Crippen molar-refractivity contribution in [2.45, 2.75) is 71.2 Å². The van der Waals surface area contributed by atoms with Crippen LogP contribution < -0.4 is 26.2 Å². The van der Waals surface area contributed by atoms with Crippen LogP contribution in [0.2, 0.25) is 0 Å². The standard InChI is InChI=1S/C47H58N10O5/c1-31(2)62-40-29-57(30-40)47(61)49-27-36-8-7-34(25-32(36)3)41-15-18-48-46(52-41)51-37-9-11-39(12-10-37)55-23-21-54(22-24-55)28-33-16-19-56(20-17-33)45(60)35-5-4-6-38(26-35)50-42-13-14-43(58)53-44(42)59/h4-12,15,18,25-26,31,33,40,42,50H,13-14,16-17,19-24,27-30H2,1-3H3,(H,49,61)(H,48,51,52)(H,53,58,59). The number of hydrogen-bond acceptors (Lipinski definition) is 11. The lowest BCUT2D eigenvalue weighted by molar-refractivity contribution is -0.133. The molecular weight excluding hydrogens is 785 g/mol. The molecule has 1 aromatic heterocycles. The Labute approximate surface area is 363 Å². The van der Waals surface area contributed by atoms with Crippen LogP contribution in [0.4, 0.5) is 27.8 Å². The first-order chi connectivity index (χ1) is 30.0. The van der Waals surface area contributed by atoms with E-state index in [4.69, 9.17) is 9.72 Å². The smallest absolute Gasteiger partial charge is 0.317 e. The van der Waals surface area contributed by atoms with Gasteiger partial charge in [0.05, 0.1) is 31.0 Å². The number of benzene rings is 3. The molecule has 0 radical (unpaired) electrons. The molecule has 5 heterocycles. The monoisotopic (exact) mass is 842 g/mol. The minimum absolute atomic E-state index is 0.0113. The fourth-order valence-electron chi connectivity index (χ4n) is 8.70. The Hall–Kier alpha value is -6.06. The summed E-state index contributed by atoms with van der Waals surface area (Å²) in [6, 6.07) is 23.3. The van der Waals surface area contributed by atoms with Crippen LogP contribution in [0.1, 0.15) is 61.0 Å². The molecule has 1 atom stereocenters. The molecule has 4 N–H and O–H groups in total. The van der Waals surface area contributed by atoms with Crippen LogP contribution in [0.25, 0.3) is 11.3 Å². The van der Waals surface area contributed by atoms with E-state index in [1.54, 1.807) is 17.2 Å². The van der Waals surface area contributed by atoms with Crippen molar-refractivity contribution in [3.63, 3.8) is 0 Å². The molecule has 1 unspecified atom stereocenters. The fourth-order valence-corrected chi connectivity index (χ4v) is 8.70. The molecule has 3 aromatic carbocycles. The highest BCUT2D eigenvalue weighted by Crippen LogP contribution is 2.27. The van der Waals surface area contributed by atoms with Crippen LogP contribution in [0.15, 0.2) is 79.0 Å². The van der Waals surface area contributed by atoms with E-state index in [-0.39, 0.29) is 36.0 Å². The molecule has 4 aromatic rings. The maximum absolute atomic E-state index is 13.4. The second-order valence-electron chi connectivity index (χ2n) is 17.2. The van der Waals surface area contributed by atoms with Gasteiger partial charge in [-0.05, 0) is 112 Å². The highest BCUT2D eigenvalue weighted by atomic mass is 16.5. The normalized spacial score (nSPS) is 19.0. The minimum atomic E-state index is -0.490. The molecule has 15 heteroatoms. The average Bonchev–Trinajstić information content (AvgIpc) is 3.26. The zero-order chi connectivity index (χ0) is 43.2. The van der Waals surface area contributed by atoms with Gasteiger partial charge >= 0.3 is 6.03 Å². The van der Waals surface area contributed by atoms with Gasteiger partial charge in [-0.25, -0.2) is 14.8 Å². The number of rotatable bonds is 13. The minimum Gasteiger partial charge on any atom is -0.374 e. The van der Waals surface area contributed by atoms with Crippen molar-refractivity contribution in [1.82, 2.24) is 35.3 Å². The van der Waals surface area contributed by atoms with Gasteiger partial charge in [-0.3, -0.25) is 24.6 Å². The van der Waals surface area contributed by atoms with Crippen molar-refractivity contribution in [3.8, 4) is 11.3 Å². The van der Waals surface area contributed by atoms with Gasteiger partial charge in [-0.15, -0.1) is 0 Å². The van der Waals surface area contributed by atoms with Crippen molar-refractivity contribution in [2.75, 3.05) is 74.4 Å². The number of aryl methyl sites for hydroxylation is 1. The van der Waals surface area contributed by atoms with Crippen molar-refractivity contribution >= 4 is 46.8 Å². The first-order valence-electron chi connectivity index (χ1n) is 22.0. The molecule has 62 heavy (non-hydrogen) atoms. The SMILES string of the molecule is Cc1cc(-c2ccnc(Nc3ccc(N4CCN(CC5CCN(C(=O)c6cccc(NC7CCC(=O)NC7=O)c6)CC5)CC4)cc3)n2)ccc1CNC(=O)N1CC(OC(C)C)C1. The molecule has 0 saturated carbocycles. The summed E-state index contributed by atoms with van der Waals surface area (Å²) in [6.07, 6.45) is 4.73. The van der Waals surface area contributed by atoms with E-state index in [1.165, 1.54) is 5.69 Å². The number of likely N-dealkylation sites (tertiary alicyclic amines) is 2. The summed E-state index contributed by atoms with van der Waals surface area (Å²) in [5, 5.41) is 12.0. The van der Waals surface area contributed by atoms with E-state index < -0.39 is 6.04 Å². The lowest BCUT2D eigenvalue weighted by atomic mass is 9.95. The van der Waals surface area contributed by atoms with Crippen LogP contribution in [-0.4, -0.2) is 126 Å². The van der Waals surface area contributed by atoms with Crippen molar-refractivity contribution < 1.29 is 23.9 Å². The number of ether oxygens (including phenoxy) is 1. The number of imide groups is 1. The Balaban J connectivity index is 0.755. The number of piperidine rings is 2. The summed E-state index contributed by atoms with van der Waals surface area (Å²) in [6.45, 7) is 14.2. The van der Waals surface area contributed by atoms with E-state index in [0.717, 1.165) is 86.7 Å². The molecule has 0 spiro atoms. The number of carbonyl (C=O) groups excluding carboxylic acids is 4. The van der Waals surface area contributed by atoms with E-state index >= 15 is 0 Å². The van der Waals surface area contributed by atoms with Crippen molar-refractivity contribution in [3.05, 3.63) is 95.7 Å². The number of hydrogen-bond donors (Lipinski definition) is 4. The van der Waals surface area contributed by atoms with Gasteiger partial charge in [0.2, 0.25) is 17.8 Å². The molecule has 8 rings (SSSR count). The second-order valence-corrected chi connectivity index (χ2v) is 17.2. The molecule has 0 bridgehead atoms. The zero-order valence-corrected chi connectivity index (χ0v) is 35.9. The van der Waals surface area contributed by atoms with Gasteiger partial charge in [0.15, 0.2) is 0 Å². The topological polar surface area (TPSA) is 164 Å². The zero-order valence-electron chi connectivity index (χ0n) is 35.9. The maximum Gasteiger partial charge on any atom is 0.317 e. The predicted molar refractivity (Wildman–Crippen MR) is 239 cm³/mol. The van der Waals surface area contributed by atoms with Crippen molar-refractivity contribution in [1.29, 1.82) is 0 Å². The summed E-state index contributed by atoms with van der Waals surface area (Å²) in [7, 11) is 0. The van der Waals surface area contributed by atoms with Crippen LogP contribution >= 0.6 is 0 Å². The summed E-state index contributed by atoms with van der Waals surface area (Å²) in [5.41, 5.74) is 7.34. The number of nitrogens with one attached hydrogen (secondary N) is 4. The molecule has 5 amide bonds. The summed E-state index contributed by atoms with van der Waals surface area (Å²) in [5.74, 6) is 0.505. The number of nitrogens with zero attached hydrogens (tertiary/aromatic N) is 6. The Kier molecular flexibility index (Phi) is 13.3. The first kappa shape index (κ1) is 42.6. The Morgan fingerprint density at radius 1 is 0.871 bits per heavy atom. The Bertz CT molecular complexity index is 2230. The van der Waals surface area contributed by atoms with Gasteiger partial charge in [0.25, 0.3) is 5.91 Å². The number of piperazine rings is 1. The number of anilines is 4. The molecule has 4 aliphatic heterocycles. The van der Waals surface area contributed by atoms with Gasteiger partial charge in [-0.1, -0.05) is 18.2 Å².